The van der Waals surface area contributed by atoms with Crippen LogP contribution in [-0.4, -0.2) is 13.6 Å². The van der Waals surface area contributed by atoms with Crippen molar-refractivity contribution in [1.82, 2.24) is 0 Å². The van der Waals surface area contributed by atoms with Gasteiger partial charge in [-0.25, -0.2) is 0 Å². The summed E-state index contributed by atoms with van der Waals surface area (Å²) >= 11 is 0. The Morgan fingerprint density at radius 1 is 1.50 bits per heavy atom. The van der Waals surface area contributed by atoms with E-state index in [-0.39, 0.29) is 0 Å². The largest absolute Gasteiger partial charge is 0.373 e. The van der Waals surface area contributed by atoms with Crippen LogP contribution in [0.2, 0.25) is 0 Å². The molecule has 0 radical (unpaired) electrons. The zero-order valence-electron chi connectivity index (χ0n) is 7.04. The number of nitrogens with zero attached hydrogens (tertiary/aromatic N) is 2. The van der Waals surface area contributed by atoms with E-state index >= 15 is 0 Å². The van der Waals surface area contributed by atoms with Crippen molar-refractivity contribution >= 4 is 5.69 Å². The van der Waals surface area contributed by atoms with Gasteiger partial charge < -0.3 is 4.90 Å². The summed E-state index contributed by atoms with van der Waals surface area (Å²) in [4.78, 5) is 2.15. The third-order valence-corrected chi connectivity index (χ3v) is 2.34. The minimum absolute atomic E-state index is 0.799. The van der Waals surface area contributed by atoms with Crippen LogP contribution in [0.25, 0.3) is 0 Å². The molecule has 1 heterocycles. The van der Waals surface area contributed by atoms with Crippen molar-refractivity contribution in [3.05, 3.63) is 29.3 Å². The van der Waals surface area contributed by atoms with Gasteiger partial charge in [0.15, 0.2) is 0 Å². The lowest BCUT2D eigenvalue weighted by molar-refractivity contribution is 0.955. The molecule has 0 aliphatic carbocycles. The first-order chi connectivity index (χ1) is 5.83. The fourth-order valence-corrected chi connectivity index (χ4v) is 1.73. The lowest BCUT2D eigenvalue weighted by Gasteiger charge is -2.12. The molecule has 0 aromatic heterocycles. The maximum atomic E-state index is 8.84. The molecule has 0 amide bonds. The van der Waals surface area contributed by atoms with Crippen molar-refractivity contribution in [1.29, 1.82) is 5.26 Å². The number of likely N-dealkylation sites (N-methyl/N-ethyl adjacent to an activating group) is 1. The van der Waals surface area contributed by atoms with Gasteiger partial charge in [0.05, 0.1) is 11.3 Å². The van der Waals surface area contributed by atoms with E-state index in [1.165, 1.54) is 5.56 Å². The second-order valence-corrected chi connectivity index (χ2v) is 3.10. The predicted octanol–water partition coefficient (Wildman–Crippen LogP) is 1.55. The highest BCUT2D eigenvalue weighted by Gasteiger charge is 2.18. The summed E-state index contributed by atoms with van der Waals surface area (Å²) in [7, 11) is 2.03. The third-order valence-electron chi connectivity index (χ3n) is 2.34. The average Bonchev–Trinajstić information content (AvgIpc) is 2.48. The van der Waals surface area contributed by atoms with E-state index < -0.39 is 0 Å². The number of nitriles is 1. The number of rotatable bonds is 0. The van der Waals surface area contributed by atoms with Crippen LogP contribution in [0.15, 0.2) is 18.2 Å². The molecule has 0 atom stereocenters. The van der Waals surface area contributed by atoms with Gasteiger partial charge in [-0.05, 0) is 18.1 Å². The molecule has 60 valence electrons. The highest BCUT2D eigenvalue weighted by Crippen LogP contribution is 2.29. The average molecular weight is 158 g/mol. The van der Waals surface area contributed by atoms with Gasteiger partial charge >= 0.3 is 0 Å². The van der Waals surface area contributed by atoms with Gasteiger partial charge in [-0.15, -0.1) is 0 Å². The fourth-order valence-electron chi connectivity index (χ4n) is 1.73. The number of hydrogen-bond donors (Lipinski definition) is 0. The monoisotopic (exact) mass is 158 g/mol. The molecule has 1 aliphatic rings. The Bertz CT molecular complexity index is 349. The van der Waals surface area contributed by atoms with Crippen LogP contribution in [-0.2, 0) is 6.42 Å². The van der Waals surface area contributed by atoms with E-state index in [0.717, 1.165) is 24.2 Å². The predicted molar refractivity (Wildman–Crippen MR) is 48.1 cm³/mol. The minimum atomic E-state index is 0.799. The smallest absolute Gasteiger partial charge is 0.101 e. The van der Waals surface area contributed by atoms with Crippen molar-refractivity contribution in [3.8, 4) is 6.07 Å². The lowest BCUT2D eigenvalue weighted by Crippen LogP contribution is -2.13. The highest BCUT2D eigenvalue weighted by atomic mass is 15.1. The molecular formula is C10H10N2. The number of hydrogen-bond acceptors (Lipinski definition) is 2. The second kappa shape index (κ2) is 2.53. The van der Waals surface area contributed by atoms with Crippen LogP contribution in [0.5, 0.6) is 0 Å². The van der Waals surface area contributed by atoms with Crippen LogP contribution in [0, 0.1) is 11.3 Å². The summed E-state index contributed by atoms with van der Waals surface area (Å²) in [6.45, 7) is 1.04. The van der Waals surface area contributed by atoms with E-state index in [1.807, 2.05) is 19.2 Å². The van der Waals surface area contributed by atoms with Gasteiger partial charge in [-0.3, -0.25) is 0 Å². The van der Waals surface area contributed by atoms with Crippen LogP contribution in [0.3, 0.4) is 0 Å². The quantitative estimate of drug-likeness (QED) is 0.572. The van der Waals surface area contributed by atoms with Crippen molar-refractivity contribution in [3.63, 3.8) is 0 Å². The summed E-state index contributed by atoms with van der Waals surface area (Å²) in [6, 6.07) is 8.14. The standard InChI is InChI=1S/C10H10N2/c1-12-6-5-8-3-2-4-9(7-11)10(8)12/h2-4H,5-6H2,1H3. The first-order valence-corrected chi connectivity index (χ1v) is 4.06. The molecule has 1 aromatic carbocycles. The van der Waals surface area contributed by atoms with Crippen molar-refractivity contribution < 1.29 is 0 Å². The molecule has 0 bridgehead atoms. The maximum absolute atomic E-state index is 8.84. The summed E-state index contributed by atoms with van der Waals surface area (Å²) in [5.41, 5.74) is 3.23. The summed E-state index contributed by atoms with van der Waals surface area (Å²) < 4.78 is 0. The Balaban J connectivity index is 2.62. The van der Waals surface area contributed by atoms with E-state index in [0.29, 0.717) is 0 Å². The lowest BCUT2D eigenvalue weighted by atomic mass is 10.1. The first-order valence-electron chi connectivity index (χ1n) is 4.06. The Kier molecular flexibility index (Phi) is 1.51. The van der Waals surface area contributed by atoms with Crippen LogP contribution in [0.1, 0.15) is 11.1 Å². The van der Waals surface area contributed by atoms with Gasteiger partial charge in [0, 0.05) is 13.6 Å². The van der Waals surface area contributed by atoms with Gasteiger partial charge in [0.2, 0.25) is 0 Å². The molecule has 12 heavy (non-hydrogen) atoms. The number of para-hydroxylation sites is 1. The highest BCUT2D eigenvalue weighted by molar-refractivity contribution is 5.66. The first kappa shape index (κ1) is 7.17. The molecule has 2 heteroatoms. The molecule has 2 rings (SSSR count). The molecule has 0 N–H and O–H groups in total. The summed E-state index contributed by atoms with van der Waals surface area (Å²) in [6.07, 6.45) is 1.07. The summed E-state index contributed by atoms with van der Waals surface area (Å²) in [5.74, 6) is 0. The molecule has 0 saturated carbocycles. The van der Waals surface area contributed by atoms with Crippen LogP contribution in [0.4, 0.5) is 5.69 Å². The summed E-state index contributed by atoms with van der Waals surface area (Å²) in [5, 5.41) is 8.84. The topological polar surface area (TPSA) is 27.0 Å². The molecular weight excluding hydrogens is 148 g/mol. The Morgan fingerprint density at radius 2 is 2.33 bits per heavy atom. The minimum Gasteiger partial charge on any atom is -0.373 e. The Hall–Kier alpha value is -1.49. The normalized spacial score (nSPS) is 14.2. The molecule has 0 fully saturated rings. The van der Waals surface area contributed by atoms with Crippen LogP contribution < -0.4 is 4.90 Å². The molecule has 1 aromatic rings. The van der Waals surface area contributed by atoms with Crippen LogP contribution >= 0.6 is 0 Å². The third kappa shape index (κ3) is 0.868. The fraction of sp³-hybridized carbons (Fsp3) is 0.300. The van der Waals surface area contributed by atoms with E-state index in [1.54, 1.807) is 0 Å². The number of anilines is 1. The number of benzene rings is 1. The Morgan fingerprint density at radius 3 is 3.08 bits per heavy atom. The van der Waals surface area contributed by atoms with E-state index in [2.05, 4.69) is 17.0 Å². The maximum Gasteiger partial charge on any atom is 0.101 e. The molecule has 0 saturated heterocycles. The van der Waals surface area contributed by atoms with Crippen molar-refractivity contribution in [2.24, 2.45) is 0 Å². The van der Waals surface area contributed by atoms with Gasteiger partial charge in [0.1, 0.15) is 6.07 Å². The van der Waals surface area contributed by atoms with Crippen molar-refractivity contribution in [2.45, 2.75) is 6.42 Å². The van der Waals surface area contributed by atoms with Crippen molar-refractivity contribution in [2.75, 3.05) is 18.5 Å². The molecule has 0 unspecified atom stereocenters. The second-order valence-electron chi connectivity index (χ2n) is 3.10. The van der Waals surface area contributed by atoms with E-state index in [4.69, 9.17) is 5.26 Å². The molecule has 1 aliphatic heterocycles. The zero-order valence-corrected chi connectivity index (χ0v) is 7.04. The van der Waals surface area contributed by atoms with E-state index in [9.17, 15) is 0 Å². The molecule has 2 nitrogen and oxygen atoms in total. The SMILES string of the molecule is CN1CCc2cccc(C#N)c21. The van der Waals surface area contributed by atoms with Gasteiger partial charge in [-0.1, -0.05) is 12.1 Å². The zero-order chi connectivity index (χ0) is 8.55. The molecule has 0 spiro atoms. The van der Waals surface area contributed by atoms with Gasteiger partial charge in [0.25, 0.3) is 0 Å². The number of fused-ring (bicyclic) bond motifs is 1. The Labute approximate surface area is 72.0 Å². The van der Waals surface area contributed by atoms with Gasteiger partial charge in [-0.2, -0.15) is 5.26 Å².